The molecule has 1 amide bonds. The van der Waals surface area contributed by atoms with Crippen molar-refractivity contribution in [3.63, 3.8) is 0 Å². The summed E-state index contributed by atoms with van der Waals surface area (Å²) in [6.45, 7) is 1.14. The molecule has 1 aliphatic rings. The number of piperidine rings is 1. The van der Waals surface area contributed by atoms with Gasteiger partial charge in [-0.25, -0.2) is 4.39 Å². The number of aromatic nitrogens is 2. The van der Waals surface area contributed by atoms with Gasteiger partial charge in [-0.15, -0.1) is 10.2 Å². The van der Waals surface area contributed by atoms with Crippen LogP contribution >= 0.6 is 0 Å². The number of hydrogen-bond acceptors (Lipinski definition) is 5. The van der Waals surface area contributed by atoms with Gasteiger partial charge in [0, 0.05) is 18.7 Å². The normalized spacial score (nSPS) is 16.8. The number of rotatable bonds is 4. The molecule has 3 aromatic rings. The number of halogens is 1. The zero-order chi connectivity index (χ0) is 19.5. The molecule has 0 N–H and O–H groups in total. The fourth-order valence-electron chi connectivity index (χ4n) is 3.47. The Morgan fingerprint density at radius 2 is 1.96 bits per heavy atom. The second kappa shape index (κ2) is 7.80. The summed E-state index contributed by atoms with van der Waals surface area (Å²) in [6, 6.07) is 13.1. The molecule has 4 rings (SSSR count). The number of carbonyl (C=O) groups excluding carboxylic acids is 1. The Morgan fingerprint density at radius 3 is 2.75 bits per heavy atom. The molecule has 28 heavy (non-hydrogen) atoms. The number of carbonyl (C=O) groups is 1. The van der Waals surface area contributed by atoms with Crippen LogP contribution in [0.15, 0.2) is 52.9 Å². The van der Waals surface area contributed by atoms with E-state index < -0.39 is 0 Å². The van der Waals surface area contributed by atoms with Crippen molar-refractivity contribution in [1.82, 2.24) is 15.1 Å². The molecule has 2 aromatic carbocycles. The van der Waals surface area contributed by atoms with Gasteiger partial charge in [0.15, 0.2) is 0 Å². The third-order valence-electron chi connectivity index (χ3n) is 4.93. The Morgan fingerprint density at radius 1 is 1.18 bits per heavy atom. The Balaban J connectivity index is 1.51. The lowest BCUT2D eigenvalue weighted by Gasteiger charge is -2.31. The first-order chi connectivity index (χ1) is 13.7. The van der Waals surface area contributed by atoms with E-state index in [0.717, 1.165) is 18.4 Å². The number of ether oxygens (including phenoxy) is 1. The van der Waals surface area contributed by atoms with Crippen molar-refractivity contribution in [2.45, 2.75) is 18.8 Å². The fraction of sp³-hybridized carbons (Fsp3) is 0.286. The van der Waals surface area contributed by atoms with Gasteiger partial charge in [-0.05, 0) is 49.2 Å². The minimum absolute atomic E-state index is 0.0332. The summed E-state index contributed by atoms with van der Waals surface area (Å²) >= 11 is 0. The lowest BCUT2D eigenvalue weighted by molar-refractivity contribution is 0.0698. The molecule has 1 atom stereocenters. The van der Waals surface area contributed by atoms with E-state index in [9.17, 15) is 9.18 Å². The maximum absolute atomic E-state index is 13.1. The molecule has 1 saturated heterocycles. The molecule has 144 valence electrons. The topological polar surface area (TPSA) is 68.5 Å². The lowest BCUT2D eigenvalue weighted by atomic mass is 9.97. The van der Waals surface area contributed by atoms with Crippen LogP contribution in [0, 0.1) is 5.82 Å². The first kappa shape index (κ1) is 18.2. The number of methoxy groups -OCH3 is 1. The molecule has 7 heteroatoms. The highest BCUT2D eigenvalue weighted by Crippen LogP contribution is 2.32. The van der Waals surface area contributed by atoms with E-state index in [1.54, 1.807) is 12.0 Å². The van der Waals surface area contributed by atoms with Crippen LogP contribution in [-0.4, -0.2) is 41.2 Å². The van der Waals surface area contributed by atoms with Gasteiger partial charge in [0.1, 0.15) is 11.6 Å². The maximum Gasteiger partial charge on any atom is 0.253 e. The minimum Gasteiger partial charge on any atom is -0.496 e. The van der Waals surface area contributed by atoms with Gasteiger partial charge >= 0.3 is 0 Å². The molecule has 1 aromatic heterocycles. The number of nitrogens with zero attached hydrogens (tertiary/aromatic N) is 3. The van der Waals surface area contributed by atoms with Crippen LogP contribution in [-0.2, 0) is 0 Å². The van der Waals surface area contributed by atoms with E-state index in [1.165, 1.54) is 24.3 Å². The molecule has 2 heterocycles. The molecule has 0 saturated carbocycles. The van der Waals surface area contributed by atoms with Crippen molar-refractivity contribution in [3.8, 4) is 17.2 Å². The van der Waals surface area contributed by atoms with Crippen molar-refractivity contribution in [3.05, 3.63) is 65.8 Å². The Bertz CT molecular complexity index is 971. The summed E-state index contributed by atoms with van der Waals surface area (Å²) in [5.41, 5.74) is 1.21. The summed E-state index contributed by atoms with van der Waals surface area (Å²) in [5, 5.41) is 8.38. The van der Waals surface area contributed by atoms with Crippen LogP contribution in [0.2, 0.25) is 0 Å². The van der Waals surface area contributed by atoms with Crippen LogP contribution < -0.4 is 4.74 Å². The van der Waals surface area contributed by atoms with Gasteiger partial charge < -0.3 is 14.1 Å². The highest BCUT2D eigenvalue weighted by Gasteiger charge is 2.29. The number of para-hydroxylation sites is 1. The highest BCUT2D eigenvalue weighted by molar-refractivity contribution is 5.94. The van der Waals surface area contributed by atoms with Crippen molar-refractivity contribution in [2.24, 2.45) is 0 Å². The summed E-state index contributed by atoms with van der Waals surface area (Å²) in [6.07, 6.45) is 1.70. The summed E-state index contributed by atoms with van der Waals surface area (Å²) in [7, 11) is 1.59. The molecule has 6 nitrogen and oxygen atoms in total. The third kappa shape index (κ3) is 3.60. The van der Waals surface area contributed by atoms with E-state index in [0.29, 0.717) is 36.2 Å². The second-order valence-corrected chi connectivity index (χ2v) is 6.74. The summed E-state index contributed by atoms with van der Waals surface area (Å²) < 4.78 is 24.4. The molecular weight excluding hydrogens is 361 g/mol. The van der Waals surface area contributed by atoms with E-state index in [4.69, 9.17) is 9.15 Å². The molecule has 0 bridgehead atoms. The summed E-state index contributed by atoms with van der Waals surface area (Å²) in [4.78, 5) is 14.5. The third-order valence-corrected chi connectivity index (χ3v) is 4.93. The van der Waals surface area contributed by atoms with Crippen molar-refractivity contribution >= 4 is 5.91 Å². The predicted octanol–water partition coefficient (Wildman–Crippen LogP) is 3.90. The van der Waals surface area contributed by atoms with E-state index in [1.807, 2.05) is 24.3 Å². The zero-order valence-electron chi connectivity index (χ0n) is 15.5. The molecule has 0 spiro atoms. The Labute approximate surface area is 161 Å². The molecule has 0 aliphatic carbocycles. The van der Waals surface area contributed by atoms with Gasteiger partial charge in [0.05, 0.1) is 18.6 Å². The molecule has 0 unspecified atom stereocenters. The number of hydrogen-bond donors (Lipinski definition) is 0. The standard InChI is InChI=1S/C21H20FN3O3/c1-27-18-7-3-2-6-17(18)20-24-23-19(28-20)15-5-4-12-25(13-15)21(26)14-8-10-16(22)11-9-14/h2-3,6-11,15H,4-5,12-13H2,1H3/t15-/m1/s1. The van der Waals surface area contributed by atoms with Gasteiger partial charge in [0.25, 0.3) is 11.8 Å². The lowest BCUT2D eigenvalue weighted by Crippen LogP contribution is -2.39. The molecule has 1 fully saturated rings. The van der Waals surface area contributed by atoms with Crippen LogP contribution in [0.5, 0.6) is 5.75 Å². The van der Waals surface area contributed by atoms with Crippen molar-refractivity contribution in [1.29, 1.82) is 0 Å². The van der Waals surface area contributed by atoms with Crippen LogP contribution in [0.3, 0.4) is 0 Å². The largest absolute Gasteiger partial charge is 0.496 e. The number of benzene rings is 2. The zero-order valence-corrected chi connectivity index (χ0v) is 15.5. The van der Waals surface area contributed by atoms with Gasteiger partial charge in [-0.3, -0.25) is 4.79 Å². The monoisotopic (exact) mass is 381 g/mol. The van der Waals surface area contributed by atoms with Crippen LogP contribution in [0.4, 0.5) is 4.39 Å². The van der Waals surface area contributed by atoms with Gasteiger partial charge in [-0.2, -0.15) is 0 Å². The van der Waals surface area contributed by atoms with Gasteiger partial charge in [0.2, 0.25) is 5.89 Å². The van der Waals surface area contributed by atoms with E-state index >= 15 is 0 Å². The number of likely N-dealkylation sites (tertiary alicyclic amines) is 1. The molecule has 0 radical (unpaired) electrons. The average Bonchev–Trinajstić information content (AvgIpc) is 3.24. The highest BCUT2D eigenvalue weighted by atomic mass is 19.1. The average molecular weight is 381 g/mol. The predicted molar refractivity (Wildman–Crippen MR) is 101 cm³/mol. The Kier molecular flexibility index (Phi) is 5.06. The summed E-state index contributed by atoms with van der Waals surface area (Å²) in [5.74, 6) is 1.06. The second-order valence-electron chi connectivity index (χ2n) is 6.74. The SMILES string of the molecule is COc1ccccc1-c1nnc([C@@H]2CCCN(C(=O)c3ccc(F)cc3)C2)o1. The van der Waals surface area contributed by atoms with Crippen LogP contribution in [0.25, 0.3) is 11.5 Å². The van der Waals surface area contributed by atoms with Gasteiger partial charge in [-0.1, -0.05) is 12.1 Å². The Hall–Kier alpha value is -3.22. The maximum atomic E-state index is 13.1. The number of amides is 1. The minimum atomic E-state index is -0.359. The van der Waals surface area contributed by atoms with Crippen molar-refractivity contribution in [2.75, 3.05) is 20.2 Å². The van der Waals surface area contributed by atoms with Crippen LogP contribution in [0.1, 0.15) is 35.0 Å². The van der Waals surface area contributed by atoms with Crippen molar-refractivity contribution < 1.29 is 18.3 Å². The smallest absolute Gasteiger partial charge is 0.253 e. The fourth-order valence-corrected chi connectivity index (χ4v) is 3.47. The molecule has 1 aliphatic heterocycles. The van der Waals surface area contributed by atoms with E-state index in [-0.39, 0.29) is 17.6 Å². The quantitative estimate of drug-likeness (QED) is 0.686. The first-order valence-electron chi connectivity index (χ1n) is 9.17. The first-order valence-corrected chi connectivity index (χ1v) is 9.17. The molecular formula is C21H20FN3O3. The van der Waals surface area contributed by atoms with E-state index in [2.05, 4.69) is 10.2 Å².